The number of aliphatic hydroxyl groups is 1. The lowest BCUT2D eigenvalue weighted by Gasteiger charge is -2.18. The van der Waals surface area contributed by atoms with Crippen molar-refractivity contribution in [2.45, 2.75) is 17.1 Å². The average Bonchev–Trinajstić information content (AvgIpc) is 2.15. The number of hydrogen-bond acceptors (Lipinski definition) is 1. The van der Waals surface area contributed by atoms with Gasteiger partial charge in [-0.3, -0.25) is 0 Å². The largest absolute Gasteiger partial charge is 0.416 e. The summed E-state index contributed by atoms with van der Waals surface area (Å²) in [6.07, 6.45) is -6.14. The fourth-order valence-corrected chi connectivity index (χ4v) is 1.80. The van der Waals surface area contributed by atoms with Crippen molar-refractivity contribution in [2.75, 3.05) is 0 Å². The maximum absolute atomic E-state index is 12.6. The molecule has 1 atom stereocenters. The molecule has 0 heterocycles. The number of aliphatic hydroxyl groups excluding tert-OH is 1. The number of hydrogen-bond donors (Lipinski definition) is 1. The topological polar surface area (TPSA) is 20.2 Å². The lowest BCUT2D eigenvalue weighted by molar-refractivity contribution is -0.139. The van der Waals surface area contributed by atoms with Crippen LogP contribution in [0.2, 0.25) is 0 Å². The van der Waals surface area contributed by atoms with Crippen LogP contribution in [0.5, 0.6) is 0 Å². The van der Waals surface area contributed by atoms with Crippen LogP contribution < -0.4 is 0 Å². The highest BCUT2D eigenvalue weighted by atomic mass is 79.9. The molecule has 1 N–H and O–H groups in total. The zero-order chi connectivity index (χ0) is 12.5. The Kier molecular flexibility index (Phi) is 4.51. The van der Waals surface area contributed by atoms with Crippen LogP contribution in [0.1, 0.15) is 17.2 Å². The lowest BCUT2D eigenvalue weighted by atomic mass is 10.0. The summed E-state index contributed by atoms with van der Waals surface area (Å²) in [6.45, 7) is 0. The summed E-state index contributed by atoms with van der Waals surface area (Å²) < 4.78 is 38.2. The van der Waals surface area contributed by atoms with Crippen molar-refractivity contribution in [3.8, 4) is 0 Å². The van der Waals surface area contributed by atoms with Gasteiger partial charge in [-0.1, -0.05) is 22.0 Å². The maximum Gasteiger partial charge on any atom is 0.416 e. The van der Waals surface area contributed by atoms with Crippen molar-refractivity contribution in [3.05, 3.63) is 33.8 Å². The Hall–Kier alpha value is 0.0300. The van der Waals surface area contributed by atoms with Crippen LogP contribution in [0.4, 0.5) is 13.2 Å². The molecule has 0 spiro atoms. The normalized spacial score (nSPS) is 14.2. The number of benzene rings is 1. The highest BCUT2D eigenvalue weighted by molar-refractivity contribution is 9.10. The quantitative estimate of drug-likeness (QED) is 0.797. The average molecular weight is 338 g/mol. The molecule has 16 heavy (non-hydrogen) atoms. The molecule has 1 unspecified atom stereocenters. The van der Waals surface area contributed by atoms with Gasteiger partial charge in [0.1, 0.15) is 10.9 Å². The fraction of sp³-hybridized carbons (Fsp3) is 0.333. The van der Waals surface area contributed by atoms with Crippen LogP contribution in [0.3, 0.4) is 0 Å². The van der Waals surface area contributed by atoms with E-state index in [1.54, 1.807) is 0 Å². The smallest absolute Gasteiger partial charge is 0.386 e. The second-order valence-electron chi connectivity index (χ2n) is 3.01. The molecule has 0 radical (unpaired) electrons. The molecular formula is C9H6BrCl2F3O. The van der Waals surface area contributed by atoms with Gasteiger partial charge < -0.3 is 5.11 Å². The molecule has 0 fully saturated rings. The van der Waals surface area contributed by atoms with Gasteiger partial charge in [0.2, 0.25) is 0 Å². The summed E-state index contributed by atoms with van der Waals surface area (Å²) in [5, 5.41) is 9.45. The molecular weight excluding hydrogens is 332 g/mol. The van der Waals surface area contributed by atoms with Crippen LogP contribution >= 0.6 is 39.1 Å². The number of alkyl halides is 5. The van der Waals surface area contributed by atoms with Crippen molar-refractivity contribution in [1.82, 2.24) is 0 Å². The van der Waals surface area contributed by atoms with Crippen molar-refractivity contribution in [2.24, 2.45) is 0 Å². The lowest BCUT2D eigenvalue weighted by Crippen LogP contribution is -2.15. The van der Waals surface area contributed by atoms with Gasteiger partial charge in [-0.2, -0.15) is 13.2 Å². The molecule has 1 aromatic rings. The first-order valence-electron chi connectivity index (χ1n) is 4.06. The Bertz CT molecular complexity index is 382. The monoisotopic (exact) mass is 336 g/mol. The first-order valence-corrected chi connectivity index (χ1v) is 5.73. The van der Waals surface area contributed by atoms with Crippen molar-refractivity contribution in [1.29, 1.82) is 0 Å². The third-order valence-electron chi connectivity index (χ3n) is 1.88. The van der Waals surface area contributed by atoms with E-state index in [2.05, 4.69) is 15.9 Å². The molecule has 0 saturated heterocycles. The van der Waals surface area contributed by atoms with Gasteiger partial charge in [-0.15, -0.1) is 23.2 Å². The minimum atomic E-state index is -4.57. The predicted molar refractivity (Wildman–Crippen MR) is 59.6 cm³/mol. The summed E-state index contributed by atoms with van der Waals surface area (Å²) in [5.41, 5.74) is -1.30. The molecule has 0 aliphatic rings. The summed E-state index contributed by atoms with van der Waals surface area (Å²) >= 11 is 13.6. The van der Waals surface area contributed by atoms with E-state index in [1.165, 1.54) is 6.07 Å². The molecule has 0 bridgehead atoms. The Labute approximate surface area is 108 Å². The predicted octanol–water partition coefficient (Wildman–Crippen LogP) is 4.31. The number of rotatable bonds is 2. The maximum atomic E-state index is 12.6. The minimum absolute atomic E-state index is 0.261. The van der Waals surface area contributed by atoms with Crippen molar-refractivity contribution in [3.63, 3.8) is 0 Å². The van der Waals surface area contributed by atoms with E-state index in [-0.39, 0.29) is 10.0 Å². The molecule has 0 amide bonds. The Morgan fingerprint density at radius 3 is 2.25 bits per heavy atom. The van der Waals surface area contributed by atoms with Gasteiger partial charge in [0, 0.05) is 4.47 Å². The zero-order valence-electron chi connectivity index (χ0n) is 7.60. The first-order chi connectivity index (χ1) is 7.23. The van der Waals surface area contributed by atoms with E-state index >= 15 is 0 Å². The van der Waals surface area contributed by atoms with Gasteiger partial charge in [0.15, 0.2) is 0 Å². The second-order valence-corrected chi connectivity index (χ2v) is 5.09. The van der Waals surface area contributed by atoms with E-state index in [0.717, 1.165) is 12.1 Å². The second kappa shape index (κ2) is 5.12. The highest BCUT2D eigenvalue weighted by Crippen LogP contribution is 2.38. The molecule has 1 nitrogen and oxygen atoms in total. The van der Waals surface area contributed by atoms with E-state index in [9.17, 15) is 18.3 Å². The van der Waals surface area contributed by atoms with Gasteiger partial charge >= 0.3 is 6.18 Å². The third-order valence-corrected chi connectivity index (χ3v) is 2.85. The van der Waals surface area contributed by atoms with E-state index in [0.29, 0.717) is 0 Å². The Balaban J connectivity index is 3.29. The van der Waals surface area contributed by atoms with Crippen molar-refractivity contribution >= 4 is 39.1 Å². The van der Waals surface area contributed by atoms with Crippen LogP contribution in [0.25, 0.3) is 0 Å². The Morgan fingerprint density at radius 2 is 1.81 bits per heavy atom. The van der Waals surface area contributed by atoms with Crippen molar-refractivity contribution < 1.29 is 18.3 Å². The molecule has 0 aliphatic heterocycles. The van der Waals surface area contributed by atoms with Crippen LogP contribution in [-0.2, 0) is 6.18 Å². The molecule has 0 aliphatic carbocycles. The molecule has 1 aromatic carbocycles. The number of halogens is 6. The van der Waals surface area contributed by atoms with Crippen LogP contribution in [0.15, 0.2) is 22.7 Å². The van der Waals surface area contributed by atoms with E-state index in [4.69, 9.17) is 23.2 Å². The molecule has 90 valence electrons. The fourth-order valence-electron chi connectivity index (χ4n) is 1.17. The van der Waals surface area contributed by atoms with Gasteiger partial charge in [-0.05, 0) is 17.7 Å². The van der Waals surface area contributed by atoms with Gasteiger partial charge in [0.05, 0.1) is 5.56 Å². The van der Waals surface area contributed by atoms with Crippen LogP contribution in [0, 0.1) is 0 Å². The minimum Gasteiger partial charge on any atom is -0.386 e. The molecule has 0 saturated carbocycles. The standard InChI is InChI=1S/C9H6BrCl2F3O/c10-4-1-2-5(7(16)8(11)12)6(3-4)9(13,14)15/h1-3,7-8,16H. The van der Waals surface area contributed by atoms with E-state index < -0.39 is 22.7 Å². The molecule has 7 heteroatoms. The summed E-state index contributed by atoms with van der Waals surface area (Å²) in [6, 6.07) is 3.38. The molecule has 1 rings (SSSR count). The Morgan fingerprint density at radius 1 is 1.25 bits per heavy atom. The van der Waals surface area contributed by atoms with Crippen LogP contribution in [-0.4, -0.2) is 9.94 Å². The van der Waals surface area contributed by atoms with E-state index in [1.807, 2.05) is 0 Å². The first kappa shape index (κ1) is 14.1. The highest BCUT2D eigenvalue weighted by Gasteiger charge is 2.36. The zero-order valence-corrected chi connectivity index (χ0v) is 10.7. The summed E-state index contributed by atoms with van der Waals surface area (Å²) in [4.78, 5) is -1.32. The molecule has 0 aromatic heterocycles. The third kappa shape index (κ3) is 3.26. The summed E-state index contributed by atoms with van der Waals surface area (Å²) in [7, 11) is 0. The SMILES string of the molecule is OC(c1ccc(Br)cc1C(F)(F)F)C(Cl)Cl. The van der Waals surface area contributed by atoms with Gasteiger partial charge in [0.25, 0.3) is 0 Å². The van der Waals surface area contributed by atoms with Gasteiger partial charge in [-0.25, -0.2) is 0 Å². The summed E-state index contributed by atoms with van der Waals surface area (Å²) in [5.74, 6) is 0.